The van der Waals surface area contributed by atoms with Crippen molar-refractivity contribution in [3.05, 3.63) is 59.3 Å². The van der Waals surface area contributed by atoms with E-state index in [1.54, 1.807) is 4.57 Å². The lowest BCUT2D eigenvalue weighted by Gasteiger charge is -2.28. The molecule has 2 aliphatic carbocycles. The van der Waals surface area contributed by atoms with E-state index in [-0.39, 0.29) is 28.6 Å². The van der Waals surface area contributed by atoms with Gasteiger partial charge in [-0.05, 0) is 61.9 Å². The summed E-state index contributed by atoms with van der Waals surface area (Å²) in [5, 5.41) is -0.788. The van der Waals surface area contributed by atoms with E-state index in [9.17, 15) is 34.8 Å². The molecule has 194 valence electrons. The van der Waals surface area contributed by atoms with Gasteiger partial charge in [-0.15, -0.1) is 0 Å². The molecule has 2 fully saturated rings. The summed E-state index contributed by atoms with van der Waals surface area (Å²) < 4.78 is 126. The topological polar surface area (TPSA) is 51.1 Å². The van der Waals surface area contributed by atoms with Crippen LogP contribution in [0.1, 0.15) is 55.3 Å². The molecule has 1 unspecified atom stereocenters. The third kappa shape index (κ3) is 4.49. The molecule has 36 heavy (non-hydrogen) atoms. The van der Waals surface area contributed by atoms with Crippen LogP contribution in [0, 0.1) is 11.6 Å². The fourth-order valence-corrected chi connectivity index (χ4v) is 6.14. The maximum absolute atomic E-state index is 15.3. The minimum atomic E-state index is -4.97. The Morgan fingerprint density at radius 2 is 1.67 bits per heavy atom. The first kappa shape index (κ1) is 25.1. The van der Waals surface area contributed by atoms with Crippen LogP contribution in [0.2, 0.25) is 0 Å². The summed E-state index contributed by atoms with van der Waals surface area (Å²) in [6.45, 7) is 0. The number of hydrogen-bond acceptors (Lipinski definition) is 2. The molecular weight excluding hydrogens is 513 g/mol. The Balaban J connectivity index is 1.70. The first-order chi connectivity index (χ1) is 16.9. The van der Waals surface area contributed by atoms with Gasteiger partial charge in [0.2, 0.25) is 10.0 Å². The van der Waals surface area contributed by atoms with Gasteiger partial charge in [-0.3, -0.25) is 0 Å². The van der Waals surface area contributed by atoms with Gasteiger partial charge in [0.15, 0.2) is 0 Å². The van der Waals surface area contributed by atoms with Crippen molar-refractivity contribution in [2.45, 2.75) is 62.0 Å². The highest BCUT2D eigenvalue weighted by Gasteiger charge is 2.41. The Bertz CT molecular complexity index is 1420. The first-order valence-corrected chi connectivity index (χ1v) is 12.9. The third-order valence-corrected chi connectivity index (χ3v) is 8.77. The van der Waals surface area contributed by atoms with Crippen molar-refractivity contribution in [1.29, 1.82) is 0 Å². The number of rotatable bonds is 7. The summed E-state index contributed by atoms with van der Waals surface area (Å²) >= 11 is 0. The van der Waals surface area contributed by atoms with Crippen molar-refractivity contribution in [2.75, 3.05) is 0 Å². The summed E-state index contributed by atoms with van der Waals surface area (Å²) in [7, 11) is -4.03. The van der Waals surface area contributed by atoms with Crippen LogP contribution in [0.3, 0.4) is 0 Å². The van der Waals surface area contributed by atoms with Crippen LogP contribution in [-0.2, 0) is 16.2 Å². The minimum Gasteiger partial charge on any atom is -0.344 e. The average Bonchev–Trinajstić information content (AvgIpc) is 3.55. The molecule has 4 nitrogen and oxygen atoms in total. The van der Waals surface area contributed by atoms with E-state index >= 15 is 4.39 Å². The number of fused-ring (bicyclic) bond motifs is 1. The van der Waals surface area contributed by atoms with Crippen molar-refractivity contribution in [1.82, 2.24) is 9.29 Å². The Morgan fingerprint density at radius 3 is 2.22 bits per heavy atom. The number of nitrogens with one attached hydrogen (secondary N) is 1. The first-order valence-electron chi connectivity index (χ1n) is 11.4. The zero-order valence-corrected chi connectivity index (χ0v) is 19.4. The third-order valence-electron chi connectivity index (χ3n) is 6.84. The minimum absolute atomic E-state index is 0.0254. The van der Waals surface area contributed by atoms with Crippen molar-refractivity contribution < 1.29 is 39.2 Å². The molecule has 0 bridgehead atoms. The smallest absolute Gasteiger partial charge is 0.344 e. The van der Waals surface area contributed by atoms with Crippen LogP contribution >= 0.6 is 0 Å². The maximum atomic E-state index is 15.3. The number of halogens is 7. The fourth-order valence-electron chi connectivity index (χ4n) is 4.60. The predicted molar refractivity (Wildman–Crippen MR) is 119 cm³/mol. The molecule has 1 heterocycles. The van der Waals surface area contributed by atoms with E-state index in [0.29, 0.717) is 25.7 Å². The van der Waals surface area contributed by atoms with E-state index < -0.39 is 62.2 Å². The van der Waals surface area contributed by atoms with Gasteiger partial charge < -0.3 is 4.57 Å². The lowest BCUT2D eigenvalue weighted by atomic mass is 9.92. The molecule has 0 amide bonds. The van der Waals surface area contributed by atoms with Crippen molar-refractivity contribution in [2.24, 2.45) is 0 Å². The summed E-state index contributed by atoms with van der Waals surface area (Å²) in [6, 6.07) is 1.74. The number of aromatic nitrogens is 1. The van der Waals surface area contributed by atoms with E-state index in [1.807, 2.05) is 4.72 Å². The predicted octanol–water partition coefficient (Wildman–Crippen LogP) is 6.72. The molecule has 0 spiro atoms. The number of nitrogens with zero attached hydrogens (tertiary/aromatic N) is 1. The second-order valence-electron chi connectivity index (χ2n) is 9.29. The number of alkyl halides is 5. The van der Waals surface area contributed by atoms with Crippen LogP contribution < -0.4 is 4.72 Å². The maximum Gasteiger partial charge on any atom is 0.417 e. The van der Waals surface area contributed by atoms with E-state index in [0.717, 1.165) is 30.7 Å². The fraction of sp³-hybridized carbons (Fsp3) is 0.417. The lowest BCUT2D eigenvalue weighted by Crippen LogP contribution is -2.35. The summed E-state index contributed by atoms with van der Waals surface area (Å²) in [5.74, 6) is -2.28. The second-order valence-corrected chi connectivity index (χ2v) is 11.3. The van der Waals surface area contributed by atoms with E-state index in [4.69, 9.17) is 0 Å². The Hall–Kier alpha value is -2.60. The second kappa shape index (κ2) is 8.76. The molecule has 5 rings (SSSR count). The molecule has 1 atom stereocenters. The molecule has 2 aliphatic rings. The molecule has 2 saturated carbocycles. The number of sulfonamides is 1. The Kier molecular flexibility index (Phi) is 6.10. The van der Waals surface area contributed by atoms with Gasteiger partial charge in [0.25, 0.3) is 6.43 Å². The summed E-state index contributed by atoms with van der Waals surface area (Å²) in [5.41, 5.74) is -2.39. The van der Waals surface area contributed by atoms with E-state index in [2.05, 4.69) is 0 Å². The highest BCUT2D eigenvalue weighted by Crippen LogP contribution is 2.43. The van der Waals surface area contributed by atoms with Gasteiger partial charge in [0, 0.05) is 34.3 Å². The number of benzene rings is 2. The highest BCUT2D eigenvalue weighted by atomic mass is 32.2. The SMILES string of the molecule is O=S(=O)(NC(c1cn(C2CCC2)c2cc(-c3ccc(F)cc3C(F)(F)F)c(F)cc12)C(F)F)C1CC1. The molecule has 0 aliphatic heterocycles. The van der Waals surface area contributed by atoms with E-state index in [1.165, 1.54) is 6.20 Å². The zero-order valence-electron chi connectivity index (χ0n) is 18.6. The van der Waals surface area contributed by atoms with Crippen molar-refractivity contribution in [3.8, 4) is 11.1 Å². The van der Waals surface area contributed by atoms with Crippen molar-refractivity contribution >= 4 is 20.9 Å². The molecule has 0 radical (unpaired) electrons. The largest absolute Gasteiger partial charge is 0.417 e. The van der Waals surface area contributed by atoms with Gasteiger partial charge in [-0.25, -0.2) is 30.7 Å². The molecule has 12 heteroatoms. The average molecular weight is 534 g/mol. The van der Waals surface area contributed by atoms with Crippen LogP contribution in [-0.4, -0.2) is 24.7 Å². The van der Waals surface area contributed by atoms with Gasteiger partial charge in [-0.1, -0.05) is 6.07 Å². The van der Waals surface area contributed by atoms with Crippen LogP contribution in [0.4, 0.5) is 30.7 Å². The van der Waals surface area contributed by atoms with Gasteiger partial charge in [0.1, 0.15) is 17.7 Å². The Labute approximate surface area is 202 Å². The molecule has 1 N–H and O–H groups in total. The van der Waals surface area contributed by atoms with Crippen LogP contribution in [0.5, 0.6) is 0 Å². The summed E-state index contributed by atoms with van der Waals surface area (Å²) in [4.78, 5) is 0. The lowest BCUT2D eigenvalue weighted by molar-refractivity contribution is -0.137. The van der Waals surface area contributed by atoms with Crippen LogP contribution in [0.15, 0.2) is 36.5 Å². The number of hydrogen-bond donors (Lipinski definition) is 1. The Morgan fingerprint density at radius 1 is 0.972 bits per heavy atom. The van der Waals surface area contributed by atoms with Crippen LogP contribution in [0.25, 0.3) is 22.0 Å². The molecular formula is C24H21F7N2O2S. The molecule has 3 aromatic rings. The zero-order chi connectivity index (χ0) is 26.0. The van der Waals surface area contributed by atoms with Gasteiger partial charge in [-0.2, -0.15) is 13.2 Å². The normalized spacial score (nSPS) is 18.1. The standard InChI is InChI=1S/C24H21F7N2O2S/c25-12-4-7-15(19(8-12)24(29,30)31)16-10-21-17(9-20(16)26)18(11-33(21)13-2-1-3-13)22(23(27)28)32-36(34,35)14-5-6-14/h4,7-11,13-14,22-23,32H,1-3,5-6H2. The highest BCUT2D eigenvalue weighted by molar-refractivity contribution is 7.90. The molecule has 2 aromatic carbocycles. The molecule has 0 saturated heterocycles. The van der Waals surface area contributed by atoms with Gasteiger partial charge >= 0.3 is 6.18 Å². The summed E-state index contributed by atoms with van der Waals surface area (Å²) in [6.07, 6.45) is -3.90. The molecule has 1 aromatic heterocycles. The quantitative estimate of drug-likeness (QED) is 0.342. The monoisotopic (exact) mass is 534 g/mol. The van der Waals surface area contributed by atoms with Crippen molar-refractivity contribution in [3.63, 3.8) is 0 Å². The van der Waals surface area contributed by atoms with Gasteiger partial charge in [0.05, 0.1) is 10.8 Å².